The Bertz CT molecular complexity index is 624. The Hall–Kier alpha value is -1.82. The van der Waals surface area contributed by atoms with Crippen LogP contribution in [-0.4, -0.2) is 29.2 Å². The molecule has 0 unspecified atom stereocenters. The minimum atomic E-state index is -0.704. The maximum Gasteiger partial charge on any atom is 0.312 e. The summed E-state index contributed by atoms with van der Waals surface area (Å²) < 4.78 is 10.4. The summed E-state index contributed by atoms with van der Waals surface area (Å²) in [5.41, 5.74) is -1.29. The molecule has 2 N–H and O–H groups in total. The van der Waals surface area contributed by atoms with Crippen LogP contribution < -0.4 is 5.32 Å². The van der Waals surface area contributed by atoms with Crippen LogP contribution in [0.5, 0.6) is 0 Å². The molecular weight excluding hydrogens is 310 g/mol. The Labute approximate surface area is 140 Å². The lowest BCUT2D eigenvalue weighted by atomic mass is 9.48. The van der Waals surface area contributed by atoms with Gasteiger partial charge in [-0.2, -0.15) is 0 Å². The molecule has 1 aromatic rings. The quantitative estimate of drug-likeness (QED) is 0.802. The van der Waals surface area contributed by atoms with E-state index in [2.05, 4.69) is 5.32 Å². The van der Waals surface area contributed by atoms with Gasteiger partial charge in [0.25, 0.3) is 5.91 Å². The average Bonchev–Trinajstić information content (AvgIpc) is 3.01. The summed E-state index contributed by atoms with van der Waals surface area (Å²) >= 11 is 0. The normalized spacial score (nSPS) is 36.5. The zero-order chi connectivity index (χ0) is 16.8. The molecule has 0 spiro atoms. The number of aliphatic hydroxyl groups is 1. The first kappa shape index (κ1) is 15.7. The largest absolute Gasteiger partial charge is 0.467 e. The summed E-state index contributed by atoms with van der Waals surface area (Å²) in [5.74, 6) is 0.817. The highest BCUT2D eigenvalue weighted by Gasteiger charge is 2.60. The predicted octanol–water partition coefficient (Wildman–Crippen LogP) is 1.77. The third-order valence-electron chi connectivity index (χ3n) is 5.84. The van der Waals surface area contributed by atoms with Crippen LogP contribution in [0.3, 0.4) is 0 Å². The minimum absolute atomic E-state index is 0.276. The lowest BCUT2D eigenvalue weighted by Crippen LogP contribution is -2.58. The van der Waals surface area contributed by atoms with E-state index in [-0.39, 0.29) is 25.0 Å². The maximum absolute atomic E-state index is 12.6. The van der Waals surface area contributed by atoms with Gasteiger partial charge < -0.3 is 19.6 Å². The molecule has 2 atom stereocenters. The van der Waals surface area contributed by atoms with Crippen LogP contribution >= 0.6 is 0 Å². The SMILES string of the molecule is O=C(COC(=O)C12C[C@H]3C[C@@H](CC(O)(C3)C1)C2)NCc1ccco1. The molecular formula is C18H23NO5. The lowest BCUT2D eigenvalue weighted by Gasteiger charge is -2.58. The monoisotopic (exact) mass is 333 g/mol. The van der Waals surface area contributed by atoms with E-state index in [4.69, 9.17) is 9.15 Å². The number of carbonyl (C=O) groups excluding carboxylic acids is 2. The summed E-state index contributed by atoms with van der Waals surface area (Å²) in [6.45, 7) is -0.00647. The molecule has 1 heterocycles. The Kier molecular flexibility index (Phi) is 3.67. The molecule has 4 fully saturated rings. The molecule has 5 rings (SSSR count). The van der Waals surface area contributed by atoms with Gasteiger partial charge in [0.1, 0.15) is 5.76 Å². The number of esters is 1. The first-order valence-electron chi connectivity index (χ1n) is 8.65. The summed E-state index contributed by atoms with van der Waals surface area (Å²) in [5, 5.41) is 13.3. The topological polar surface area (TPSA) is 88.8 Å². The fourth-order valence-corrected chi connectivity index (χ4v) is 5.39. The summed E-state index contributed by atoms with van der Waals surface area (Å²) in [7, 11) is 0. The number of furan rings is 1. The third-order valence-corrected chi connectivity index (χ3v) is 5.84. The van der Waals surface area contributed by atoms with E-state index in [0.29, 0.717) is 24.0 Å². The number of amides is 1. The second-order valence-electron chi connectivity index (χ2n) is 7.90. The van der Waals surface area contributed by atoms with E-state index in [0.717, 1.165) is 32.1 Å². The van der Waals surface area contributed by atoms with Gasteiger partial charge >= 0.3 is 5.97 Å². The van der Waals surface area contributed by atoms with Crippen molar-refractivity contribution in [2.24, 2.45) is 17.3 Å². The average molecular weight is 333 g/mol. The zero-order valence-corrected chi connectivity index (χ0v) is 13.6. The number of ether oxygens (including phenoxy) is 1. The molecule has 4 saturated carbocycles. The second-order valence-corrected chi connectivity index (χ2v) is 7.90. The maximum atomic E-state index is 12.6. The van der Waals surface area contributed by atoms with E-state index in [9.17, 15) is 14.7 Å². The van der Waals surface area contributed by atoms with E-state index in [1.165, 1.54) is 0 Å². The molecule has 4 bridgehead atoms. The third kappa shape index (κ3) is 2.83. The molecule has 1 amide bonds. The molecule has 4 aliphatic carbocycles. The predicted molar refractivity (Wildman–Crippen MR) is 83.6 cm³/mol. The molecule has 130 valence electrons. The highest BCUT2D eigenvalue weighted by molar-refractivity contribution is 5.83. The van der Waals surface area contributed by atoms with Crippen LogP contribution in [-0.2, 0) is 20.9 Å². The standard InChI is InChI=1S/C18H23NO5/c20-15(19-9-14-2-1-3-23-14)10-24-16(21)17-5-12-4-13(6-17)8-18(22,7-12)11-17/h1-3,12-13,22H,4-11H2,(H,19,20)/t12-,13-,17?,18?/m1/s1. The van der Waals surface area contributed by atoms with Crippen molar-refractivity contribution in [3.8, 4) is 0 Å². The Morgan fingerprint density at radius 2 is 2.04 bits per heavy atom. The van der Waals surface area contributed by atoms with Gasteiger partial charge in [0.05, 0.1) is 23.8 Å². The number of nitrogens with one attached hydrogen (secondary N) is 1. The lowest BCUT2D eigenvalue weighted by molar-refractivity contribution is -0.196. The van der Waals surface area contributed by atoms with Crippen molar-refractivity contribution >= 4 is 11.9 Å². The fourth-order valence-electron chi connectivity index (χ4n) is 5.39. The first-order valence-corrected chi connectivity index (χ1v) is 8.65. The molecule has 0 aromatic carbocycles. The fraction of sp³-hybridized carbons (Fsp3) is 0.667. The number of rotatable bonds is 5. The van der Waals surface area contributed by atoms with Gasteiger partial charge in [0.15, 0.2) is 6.61 Å². The summed E-state index contributed by atoms with van der Waals surface area (Å²) in [6, 6.07) is 3.52. The van der Waals surface area contributed by atoms with Crippen molar-refractivity contribution in [2.75, 3.05) is 6.61 Å². The van der Waals surface area contributed by atoms with Crippen LogP contribution in [0.25, 0.3) is 0 Å². The Morgan fingerprint density at radius 3 is 2.67 bits per heavy atom. The van der Waals surface area contributed by atoms with Crippen LogP contribution in [0.1, 0.15) is 44.3 Å². The summed E-state index contributed by atoms with van der Waals surface area (Å²) in [6.07, 6.45) is 6.34. The molecule has 24 heavy (non-hydrogen) atoms. The highest BCUT2D eigenvalue weighted by Crippen LogP contribution is 2.61. The molecule has 4 aliphatic rings. The van der Waals surface area contributed by atoms with E-state index in [1.807, 2.05) is 0 Å². The van der Waals surface area contributed by atoms with Gasteiger partial charge in [-0.15, -0.1) is 0 Å². The van der Waals surface area contributed by atoms with Crippen molar-refractivity contribution in [3.05, 3.63) is 24.2 Å². The molecule has 0 saturated heterocycles. The van der Waals surface area contributed by atoms with E-state index < -0.39 is 11.0 Å². The Morgan fingerprint density at radius 1 is 1.29 bits per heavy atom. The minimum Gasteiger partial charge on any atom is -0.467 e. The van der Waals surface area contributed by atoms with Gasteiger partial charge in [0, 0.05) is 0 Å². The van der Waals surface area contributed by atoms with Gasteiger partial charge in [-0.25, -0.2) is 0 Å². The van der Waals surface area contributed by atoms with E-state index in [1.54, 1.807) is 18.4 Å². The number of hydrogen-bond acceptors (Lipinski definition) is 5. The number of hydrogen-bond donors (Lipinski definition) is 2. The van der Waals surface area contributed by atoms with Crippen molar-refractivity contribution < 1.29 is 23.8 Å². The van der Waals surface area contributed by atoms with Crippen LogP contribution in [0, 0.1) is 17.3 Å². The van der Waals surface area contributed by atoms with Crippen molar-refractivity contribution in [1.82, 2.24) is 5.32 Å². The van der Waals surface area contributed by atoms with Crippen molar-refractivity contribution in [1.29, 1.82) is 0 Å². The van der Waals surface area contributed by atoms with Crippen LogP contribution in [0.2, 0.25) is 0 Å². The first-order chi connectivity index (χ1) is 11.5. The van der Waals surface area contributed by atoms with Gasteiger partial charge in [0.2, 0.25) is 0 Å². The van der Waals surface area contributed by atoms with Crippen molar-refractivity contribution in [2.45, 2.75) is 50.7 Å². The smallest absolute Gasteiger partial charge is 0.312 e. The molecule has 0 aliphatic heterocycles. The van der Waals surface area contributed by atoms with Gasteiger partial charge in [-0.3, -0.25) is 9.59 Å². The molecule has 6 nitrogen and oxygen atoms in total. The Balaban J connectivity index is 1.32. The molecule has 0 radical (unpaired) electrons. The second kappa shape index (κ2) is 5.62. The van der Waals surface area contributed by atoms with Gasteiger partial charge in [-0.1, -0.05) is 0 Å². The molecule has 1 aromatic heterocycles. The highest BCUT2D eigenvalue weighted by atomic mass is 16.5. The van der Waals surface area contributed by atoms with E-state index >= 15 is 0 Å². The van der Waals surface area contributed by atoms with Gasteiger partial charge in [-0.05, 0) is 62.5 Å². The van der Waals surface area contributed by atoms with Crippen molar-refractivity contribution in [3.63, 3.8) is 0 Å². The van der Waals surface area contributed by atoms with Crippen LogP contribution in [0.4, 0.5) is 0 Å². The number of carbonyl (C=O) groups is 2. The molecule has 6 heteroatoms. The summed E-state index contributed by atoms with van der Waals surface area (Å²) in [4.78, 5) is 24.5. The zero-order valence-electron chi connectivity index (χ0n) is 13.6. The van der Waals surface area contributed by atoms with Crippen LogP contribution in [0.15, 0.2) is 22.8 Å².